The molecule has 2 fully saturated rings. The summed E-state index contributed by atoms with van der Waals surface area (Å²) in [5.41, 5.74) is 0. The monoisotopic (exact) mass is 139 g/mol. The summed E-state index contributed by atoms with van der Waals surface area (Å²) in [7, 11) is 0. The lowest BCUT2D eigenvalue weighted by Gasteiger charge is -2.09. The number of ketones is 1. The van der Waals surface area contributed by atoms with Crippen LogP contribution in [-0.4, -0.2) is 18.9 Å². The van der Waals surface area contributed by atoms with Crippen LogP contribution in [0.5, 0.6) is 0 Å². The first-order valence-electron chi connectivity index (χ1n) is 4.02. The van der Waals surface area contributed by atoms with Gasteiger partial charge in [0, 0.05) is 12.3 Å². The van der Waals surface area contributed by atoms with Crippen molar-refractivity contribution in [2.75, 3.05) is 13.1 Å². The maximum atomic E-state index is 11.2. The second-order valence-corrected chi connectivity index (χ2v) is 3.54. The number of Topliss-reactive ketones (excluding diaryl/α,β-unsaturated/α-hetero) is 1. The molecule has 0 aromatic carbocycles. The van der Waals surface area contributed by atoms with Gasteiger partial charge in [-0.25, -0.2) is 0 Å². The van der Waals surface area contributed by atoms with Gasteiger partial charge < -0.3 is 5.32 Å². The zero-order valence-electron chi connectivity index (χ0n) is 6.26. The molecule has 1 heterocycles. The zero-order valence-corrected chi connectivity index (χ0v) is 6.26. The molecule has 0 aromatic rings. The molecular weight excluding hydrogens is 126 g/mol. The van der Waals surface area contributed by atoms with E-state index in [1.165, 1.54) is 0 Å². The van der Waals surface area contributed by atoms with E-state index >= 15 is 0 Å². The zero-order chi connectivity index (χ0) is 7.14. The number of nitrogens with one attached hydrogen (secondary N) is 1. The SMILES string of the molecule is C[C@H]1C(=O)C[C@@H]2CNC[C@@H]21. The third-order valence-electron chi connectivity index (χ3n) is 3.01. The van der Waals surface area contributed by atoms with Crippen molar-refractivity contribution in [3.8, 4) is 0 Å². The molecule has 2 heteroatoms. The average molecular weight is 139 g/mol. The maximum Gasteiger partial charge on any atom is 0.136 e. The number of fused-ring (bicyclic) bond motifs is 1. The van der Waals surface area contributed by atoms with Crippen molar-refractivity contribution in [1.82, 2.24) is 5.32 Å². The highest BCUT2D eigenvalue weighted by molar-refractivity contribution is 5.83. The minimum atomic E-state index is 0.333. The number of rotatable bonds is 0. The molecule has 56 valence electrons. The Morgan fingerprint density at radius 2 is 2.30 bits per heavy atom. The Labute approximate surface area is 61.0 Å². The molecule has 1 saturated heterocycles. The second kappa shape index (κ2) is 2.06. The van der Waals surface area contributed by atoms with E-state index in [1.54, 1.807) is 0 Å². The minimum absolute atomic E-state index is 0.333. The Balaban J connectivity index is 2.16. The first-order valence-corrected chi connectivity index (χ1v) is 4.02. The van der Waals surface area contributed by atoms with Crippen LogP contribution in [0.25, 0.3) is 0 Å². The Kier molecular flexibility index (Phi) is 1.31. The van der Waals surface area contributed by atoms with Gasteiger partial charge in [0.15, 0.2) is 0 Å². The van der Waals surface area contributed by atoms with E-state index in [9.17, 15) is 4.79 Å². The topological polar surface area (TPSA) is 29.1 Å². The van der Waals surface area contributed by atoms with E-state index in [0.29, 0.717) is 23.5 Å². The van der Waals surface area contributed by atoms with E-state index in [4.69, 9.17) is 0 Å². The molecule has 2 rings (SSSR count). The molecule has 0 spiro atoms. The summed E-state index contributed by atoms with van der Waals surface area (Å²) in [5, 5.41) is 3.32. The largest absolute Gasteiger partial charge is 0.316 e. The standard InChI is InChI=1S/C8H13NO/c1-5-7-4-9-3-6(7)2-8(5)10/h5-7,9H,2-4H2,1H3/t5-,6-,7-/m1/s1. The number of carbonyl (C=O) groups is 1. The van der Waals surface area contributed by atoms with E-state index in [0.717, 1.165) is 19.5 Å². The lowest BCUT2D eigenvalue weighted by Crippen LogP contribution is -2.17. The maximum absolute atomic E-state index is 11.2. The lowest BCUT2D eigenvalue weighted by molar-refractivity contribution is -0.120. The molecule has 2 nitrogen and oxygen atoms in total. The molecule has 3 atom stereocenters. The van der Waals surface area contributed by atoms with Gasteiger partial charge in [0.2, 0.25) is 0 Å². The van der Waals surface area contributed by atoms with Crippen LogP contribution in [0.4, 0.5) is 0 Å². The number of hydrogen-bond donors (Lipinski definition) is 1. The van der Waals surface area contributed by atoms with Gasteiger partial charge in [0.25, 0.3) is 0 Å². The fourth-order valence-corrected chi connectivity index (χ4v) is 2.25. The van der Waals surface area contributed by atoms with Crippen LogP contribution in [0.2, 0.25) is 0 Å². The van der Waals surface area contributed by atoms with Crippen molar-refractivity contribution >= 4 is 5.78 Å². The van der Waals surface area contributed by atoms with E-state index < -0.39 is 0 Å². The minimum Gasteiger partial charge on any atom is -0.316 e. The molecule has 0 bridgehead atoms. The predicted octanol–water partition coefficient (Wildman–Crippen LogP) is 0.431. The van der Waals surface area contributed by atoms with Crippen molar-refractivity contribution in [2.24, 2.45) is 17.8 Å². The van der Waals surface area contributed by atoms with E-state index in [-0.39, 0.29) is 0 Å². The van der Waals surface area contributed by atoms with Crippen molar-refractivity contribution < 1.29 is 4.79 Å². The molecule has 1 saturated carbocycles. The molecule has 0 aromatic heterocycles. The molecular formula is C8H13NO. The summed E-state index contributed by atoms with van der Waals surface area (Å²) in [6.45, 7) is 4.21. The second-order valence-electron chi connectivity index (χ2n) is 3.54. The first kappa shape index (κ1) is 6.35. The van der Waals surface area contributed by atoms with Gasteiger partial charge in [0.05, 0.1) is 0 Å². The summed E-state index contributed by atoms with van der Waals surface area (Å²) in [6.07, 6.45) is 0.832. The molecule has 1 aliphatic heterocycles. The predicted molar refractivity (Wildman–Crippen MR) is 38.6 cm³/mol. The fourth-order valence-electron chi connectivity index (χ4n) is 2.25. The summed E-state index contributed by atoms with van der Waals surface area (Å²) in [4.78, 5) is 11.2. The number of carbonyl (C=O) groups excluding carboxylic acids is 1. The van der Waals surface area contributed by atoms with Gasteiger partial charge in [-0.05, 0) is 24.9 Å². The highest BCUT2D eigenvalue weighted by atomic mass is 16.1. The summed E-state index contributed by atoms with van der Waals surface area (Å²) in [5.74, 6) is 2.14. The molecule has 0 amide bonds. The van der Waals surface area contributed by atoms with Crippen molar-refractivity contribution in [1.29, 1.82) is 0 Å². The van der Waals surface area contributed by atoms with Crippen LogP contribution >= 0.6 is 0 Å². The average Bonchev–Trinajstić information content (AvgIpc) is 2.41. The Bertz CT molecular complexity index is 167. The van der Waals surface area contributed by atoms with Crippen LogP contribution < -0.4 is 5.32 Å². The van der Waals surface area contributed by atoms with Crippen molar-refractivity contribution in [3.05, 3.63) is 0 Å². The molecule has 1 N–H and O–H groups in total. The van der Waals surface area contributed by atoms with Crippen LogP contribution in [0, 0.1) is 17.8 Å². The summed E-state index contributed by atoms with van der Waals surface area (Å²) < 4.78 is 0. The van der Waals surface area contributed by atoms with Gasteiger partial charge in [-0.2, -0.15) is 0 Å². The van der Waals surface area contributed by atoms with Gasteiger partial charge in [0.1, 0.15) is 5.78 Å². The van der Waals surface area contributed by atoms with Gasteiger partial charge in [-0.15, -0.1) is 0 Å². The summed E-state index contributed by atoms with van der Waals surface area (Å²) >= 11 is 0. The Hall–Kier alpha value is -0.370. The highest BCUT2D eigenvalue weighted by Gasteiger charge is 2.41. The molecule has 10 heavy (non-hydrogen) atoms. The van der Waals surface area contributed by atoms with Crippen molar-refractivity contribution in [2.45, 2.75) is 13.3 Å². The fraction of sp³-hybridized carbons (Fsp3) is 0.875. The van der Waals surface area contributed by atoms with Crippen LogP contribution in [0.3, 0.4) is 0 Å². The van der Waals surface area contributed by atoms with Crippen LogP contribution in [0.15, 0.2) is 0 Å². The lowest BCUT2D eigenvalue weighted by atomic mass is 9.94. The van der Waals surface area contributed by atoms with Gasteiger partial charge in [-0.3, -0.25) is 4.79 Å². The van der Waals surface area contributed by atoms with E-state index in [2.05, 4.69) is 12.2 Å². The third-order valence-corrected chi connectivity index (χ3v) is 3.01. The van der Waals surface area contributed by atoms with Gasteiger partial charge in [-0.1, -0.05) is 6.92 Å². The van der Waals surface area contributed by atoms with Crippen molar-refractivity contribution in [3.63, 3.8) is 0 Å². The normalized spacial score (nSPS) is 46.1. The molecule has 0 unspecified atom stereocenters. The first-order chi connectivity index (χ1) is 4.79. The number of hydrogen-bond acceptors (Lipinski definition) is 2. The quantitative estimate of drug-likeness (QED) is 0.527. The highest BCUT2D eigenvalue weighted by Crippen LogP contribution is 2.36. The molecule has 1 aliphatic carbocycles. The third kappa shape index (κ3) is 0.717. The summed E-state index contributed by atoms with van der Waals surface area (Å²) in [6, 6.07) is 0. The van der Waals surface area contributed by atoms with Crippen LogP contribution in [-0.2, 0) is 4.79 Å². The molecule has 0 radical (unpaired) electrons. The Morgan fingerprint density at radius 1 is 1.50 bits per heavy atom. The molecule has 2 aliphatic rings. The van der Waals surface area contributed by atoms with E-state index in [1.807, 2.05) is 0 Å². The smallest absolute Gasteiger partial charge is 0.136 e. The Morgan fingerprint density at radius 3 is 3.00 bits per heavy atom. The van der Waals surface area contributed by atoms with Gasteiger partial charge >= 0.3 is 0 Å². The van der Waals surface area contributed by atoms with Crippen LogP contribution in [0.1, 0.15) is 13.3 Å².